The SMILES string of the molecule is C#CCn1cnc(-c2ccc(OC)c3ccccc23)c1N. The van der Waals surface area contributed by atoms with Crippen LogP contribution in [-0.4, -0.2) is 16.7 Å². The summed E-state index contributed by atoms with van der Waals surface area (Å²) in [6.07, 6.45) is 7.01. The molecule has 2 N–H and O–H groups in total. The number of anilines is 1. The fourth-order valence-corrected chi connectivity index (χ4v) is 2.48. The number of benzene rings is 2. The number of nitrogen functional groups attached to an aromatic ring is 1. The average Bonchev–Trinajstić information content (AvgIpc) is 2.88. The van der Waals surface area contributed by atoms with E-state index >= 15 is 0 Å². The number of rotatable bonds is 3. The summed E-state index contributed by atoms with van der Waals surface area (Å²) in [5, 5.41) is 2.08. The maximum absolute atomic E-state index is 6.16. The number of imidazole rings is 1. The minimum absolute atomic E-state index is 0.410. The lowest BCUT2D eigenvalue weighted by Crippen LogP contribution is -2.00. The summed E-state index contributed by atoms with van der Waals surface area (Å²) in [5.41, 5.74) is 7.87. The molecule has 104 valence electrons. The van der Waals surface area contributed by atoms with Gasteiger partial charge in [0.15, 0.2) is 0 Å². The van der Waals surface area contributed by atoms with Crippen LogP contribution in [-0.2, 0) is 6.54 Å². The first-order chi connectivity index (χ1) is 10.3. The highest BCUT2D eigenvalue weighted by atomic mass is 16.5. The molecule has 21 heavy (non-hydrogen) atoms. The Morgan fingerprint density at radius 3 is 2.71 bits per heavy atom. The van der Waals surface area contributed by atoms with E-state index in [-0.39, 0.29) is 0 Å². The lowest BCUT2D eigenvalue weighted by atomic mass is 10.0. The molecule has 0 atom stereocenters. The number of fused-ring (bicyclic) bond motifs is 1. The third-order valence-electron chi connectivity index (χ3n) is 3.50. The van der Waals surface area contributed by atoms with Crippen LogP contribution in [0.1, 0.15) is 0 Å². The Balaban J connectivity index is 2.25. The smallest absolute Gasteiger partial charge is 0.132 e. The lowest BCUT2D eigenvalue weighted by Gasteiger charge is -2.10. The average molecular weight is 277 g/mol. The highest BCUT2D eigenvalue weighted by molar-refractivity contribution is 6.00. The van der Waals surface area contributed by atoms with Crippen molar-refractivity contribution in [3.05, 3.63) is 42.7 Å². The molecule has 0 saturated heterocycles. The summed E-state index contributed by atoms with van der Waals surface area (Å²) in [4.78, 5) is 4.41. The van der Waals surface area contributed by atoms with Gasteiger partial charge in [-0.25, -0.2) is 4.98 Å². The van der Waals surface area contributed by atoms with E-state index < -0.39 is 0 Å². The van der Waals surface area contributed by atoms with Crippen LogP contribution >= 0.6 is 0 Å². The number of nitrogens with zero attached hydrogens (tertiary/aromatic N) is 2. The van der Waals surface area contributed by atoms with Gasteiger partial charge in [-0.3, -0.25) is 0 Å². The zero-order chi connectivity index (χ0) is 14.8. The van der Waals surface area contributed by atoms with Crippen molar-refractivity contribution in [3.8, 4) is 29.4 Å². The van der Waals surface area contributed by atoms with E-state index in [2.05, 4.69) is 10.9 Å². The molecule has 4 nitrogen and oxygen atoms in total. The minimum Gasteiger partial charge on any atom is -0.496 e. The maximum atomic E-state index is 6.16. The number of hydrogen-bond donors (Lipinski definition) is 1. The molecule has 0 fully saturated rings. The highest BCUT2D eigenvalue weighted by Crippen LogP contribution is 2.35. The second-order valence-electron chi connectivity index (χ2n) is 4.67. The molecule has 3 rings (SSSR count). The summed E-state index contributed by atoms with van der Waals surface area (Å²) >= 11 is 0. The molecule has 0 amide bonds. The molecule has 0 aliphatic rings. The van der Waals surface area contributed by atoms with Crippen LogP contribution in [0, 0.1) is 12.3 Å². The second-order valence-corrected chi connectivity index (χ2v) is 4.67. The van der Waals surface area contributed by atoms with Gasteiger partial charge in [0.2, 0.25) is 0 Å². The van der Waals surface area contributed by atoms with Crippen LogP contribution < -0.4 is 10.5 Å². The first kappa shape index (κ1) is 13.1. The zero-order valence-electron chi connectivity index (χ0n) is 11.7. The van der Waals surface area contributed by atoms with Crippen molar-refractivity contribution in [2.45, 2.75) is 6.54 Å². The molecule has 4 heteroatoms. The molecular formula is C17H15N3O. The Hall–Kier alpha value is -2.93. The number of nitrogens with two attached hydrogens (primary N) is 1. The van der Waals surface area contributed by atoms with E-state index in [0.717, 1.165) is 27.8 Å². The number of methoxy groups -OCH3 is 1. The molecule has 2 aromatic carbocycles. The molecule has 1 heterocycles. The van der Waals surface area contributed by atoms with E-state index in [1.807, 2.05) is 36.4 Å². The number of hydrogen-bond acceptors (Lipinski definition) is 3. The summed E-state index contributed by atoms with van der Waals surface area (Å²) in [6.45, 7) is 0.410. The van der Waals surface area contributed by atoms with Crippen LogP contribution in [0.25, 0.3) is 22.0 Å². The lowest BCUT2D eigenvalue weighted by molar-refractivity contribution is 0.420. The number of terminal acetylenes is 1. The predicted octanol–water partition coefficient (Wildman–Crippen LogP) is 2.93. The van der Waals surface area contributed by atoms with Gasteiger partial charge in [0.1, 0.15) is 17.3 Å². The van der Waals surface area contributed by atoms with Crippen molar-refractivity contribution in [3.63, 3.8) is 0 Å². The maximum Gasteiger partial charge on any atom is 0.132 e. The van der Waals surface area contributed by atoms with Crippen molar-refractivity contribution in [1.82, 2.24) is 9.55 Å². The Kier molecular flexibility index (Phi) is 3.25. The van der Waals surface area contributed by atoms with Gasteiger partial charge in [-0.1, -0.05) is 30.2 Å². The Morgan fingerprint density at radius 1 is 1.24 bits per heavy atom. The van der Waals surface area contributed by atoms with Crippen molar-refractivity contribution in [2.75, 3.05) is 12.8 Å². The largest absolute Gasteiger partial charge is 0.496 e. The molecule has 0 unspecified atom stereocenters. The minimum atomic E-state index is 0.410. The molecule has 0 aliphatic carbocycles. The van der Waals surface area contributed by atoms with Gasteiger partial charge in [0.25, 0.3) is 0 Å². The van der Waals surface area contributed by atoms with Gasteiger partial charge >= 0.3 is 0 Å². The van der Waals surface area contributed by atoms with Gasteiger partial charge in [0.05, 0.1) is 20.0 Å². The van der Waals surface area contributed by atoms with Gasteiger partial charge in [0, 0.05) is 10.9 Å². The Bertz CT molecular complexity index is 843. The predicted molar refractivity (Wildman–Crippen MR) is 85.0 cm³/mol. The van der Waals surface area contributed by atoms with Crippen LogP contribution in [0.3, 0.4) is 0 Å². The van der Waals surface area contributed by atoms with Crippen LogP contribution in [0.2, 0.25) is 0 Å². The highest BCUT2D eigenvalue weighted by Gasteiger charge is 2.14. The topological polar surface area (TPSA) is 53.1 Å². The number of aromatic nitrogens is 2. The van der Waals surface area contributed by atoms with Gasteiger partial charge in [-0.05, 0) is 17.5 Å². The van der Waals surface area contributed by atoms with Crippen LogP contribution in [0.4, 0.5) is 5.82 Å². The van der Waals surface area contributed by atoms with E-state index in [1.165, 1.54) is 0 Å². The van der Waals surface area contributed by atoms with Gasteiger partial charge < -0.3 is 15.0 Å². The van der Waals surface area contributed by atoms with Crippen molar-refractivity contribution < 1.29 is 4.74 Å². The molecular weight excluding hydrogens is 262 g/mol. The van der Waals surface area contributed by atoms with E-state index in [9.17, 15) is 0 Å². The molecule has 0 aliphatic heterocycles. The van der Waals surface area contributed by atoms with E-state index in [4.69, 9.17) is 16.9 Å². The first-order valence-corrected chi connectivity index (χ1v) is 6.56. The molecule has 3 aromatic rings. The standard InChI is InChI=1S/C17H15N3O/c1-3-10-20-11-19-16(17(20)18)14-8-9-15(21-2)13-7-5-4-6-12(13)14/h1,4-9,11H,10,18H2,2H3. The van der Waals surface area contributed by atoms with Crippen molar-refractivity contribution in [2.24, 2.45) is 0 Å². The summed E-state index contributed by atoms with van der Waals surface area (Å²) in [7, 11) is 1.66. The zero-order valence-corrected chi connectivity index (χ0v) is 11.7. The third kappa shape index (κ3) is 2.09. The summed E-state index contributed by atoms with van der Waals surface area (Å²) in [6, 6.07) is 11.9. The molecule has 0 bridgehead atoms. The Morgan fingerprint density at radius 2 is 2.00 bits per heavy atom. The van der Waals surface area contributed by atoms with Crippen LogP contribution in [0.5, 0.6) is 5.75 Å². The van der Waals surface area contributed by atoms with E-state index in [0.29, 0.717) is 12.4 Å². The molecule has 1 aromatic heterocycles. The summed E-state index contributed by atoms with van der Waals surface area (Å²) < 4.78 is 7.17. The first-order valence-electron chi connectivity index (χ1n) is 6.56. The van der Waals surface area contributed by atoms with Crippen molar-refractivity contribution in [1.29, 1.82) is 0 Å². The van der Waals surface area contributed by atoms with Gasteiger partial charge in [-0.15, -0.1) is 6.42 Å². The Labute approximate surface area is 123 Å². The second kappa shape index (κ2) is 5.22. The number of ether oxygens (including phenoxy) is 1. The fourth-order valence-electron chi connectivity index (χ4n) is 2.48. The van der Waals surface area contributed by atoms with Gasteiger partial charge in [-0.2, -0.15) is 0 Å². The van der Waals surface area contributed by atoms with Crippen molar-refractivity contribution >= 4 is 16.6 Å². The quantitative estimate of drug-likeness (QED) is 0.749. The fraction of sp³-hybridized carbons (Fsp3) is 0.118. The van der Waals surface area contributed by atoms with E-state index in [1.54, 1.807) is 18.0 Å². The molecule has 0 radical (unpaired) electrons. The molecule has 0 saturated carbocycles. The van der Waals surface area contributed by atoms with Crippen LogP contribution in [0.15, 0.2) is 42.7 Å². The normalized spacial score (nSPS) is 10.5. The third-order valence-corrected chi connectivity index (χ3v) is 3.50. The monoisotopic (exact) mass is 277 g/mol. The summed E-state index contributed by atoms with van der Waals surface area (Å²) in [5.74, 6) is 3.97. The molecule has 0 spiro atoms.